The SMILES string of the molecule is CC(C)(C)C1CC2(C1)CC(C(C)(C)C)C2.CC(C)(C)C1CC2(C1)CN(C(C)(C)C)C2.CC(C)(C)N1CC2(C1)CN(C(C)(C)C)C2.CC(C)C1=CC2=C(C1)CC(C(C)C)=C2.CC(C)C1=CC2=C(C1)CN(C(C)C)S2(=O)=O.CC(C)C1=CC2=C(C1)S(=O)(=O)N(C(C)C)C2.CC(C)C1=CC2=C(C=C(C(C)C)C2)C1.CC(C)N1CC(=O)N(C(C)C)CC1=O. The van der Waals surface area contributed by atoms with E-state index in [-0.39, 0.29) is 49.1 Å². The highest BCUT2D eigenvalue weighted by atomic mass is 32.2. The molecule has 0 aromatic heterocycles. The van der Waals surface area contributed by atoms with E-state index in [1.807, 2.05) is 61.5 Å². The fourth-order valence-corrected chi connectivity index (χ4v) is 23.8. The molecule has 676 valence electrons. The van der Waals surface area contributed by atoms with E-state index in [1.165, 1.54) is 120 Å². The van der Waals surface area contributed by atoms with Crippen molar-refractivity contribution in [3.8, 4) is 0 Å². The van der Waals surface area contributed by atoms with Crippen LogP contribution < -0.4 is 0 Å². The quantitative estimate of drug-likeness (QED) is 0.210. The van der Waals surface area contributed by atoms with Crippen molar-refractivity contribution in [2.45, 2.75) is 381 Å². The van der Waals surface area contributed by atoms with Crippen molar-refractivity contribution < 1.29 is 26.4 Å². The first kappa shape index (κ1) is 100. The number of carbonyl (C=O) groups is 2. The van der Waals surface area contributed by atoms with Crippen LogP contribution in [0.1, 0.15) is 340 Å². The molecule has 0 unspecified atom stereocenters. The normalized spacial score (nSPS) is 25.8. The number of likely N-dealkylation sites (tertiary alicyclic amines) is 3. The van der Waals surface area contributed by atoms with Gasteiger partial charge in [-0.2, -0.15) is 8.61 Å². The van der Waals surface area contributed by atoms with Crippen LogP contribution in [0.25, 0.3) is 0 Å². The molecule has 6 heterocycles. The Labute approximate surface area is 732 Å². The summed E-state index contributed by atoms with van der Waals surface area (Å²) >= 11 is 0. The molecule has 3 spiro atoms. The largest absolute Gasteiger partial charge is 0.329 e. The molecule has 3 saturated carbocycles. The first-order chi connectivity index (χ1) is 54.1. The predicted octanol–water partition coefficient (Wildman–Crippen LogP) is 24.2. The number of nitrogens with zero attached hydrogens (tertiary/aromatic N) is 7. The second-order valence-corrected chi connectivity index (χ2v) is 52.6. The highest BCUT2D eigenvalue weighted by Crippen LogP contribution is 2.67. The average molecular weight is 1690 g/mol. The lowest BCUT2D eigenvalue weighted by atomic mass is 9.42. The van der Waals surface area contributed by atoms with Gasteiger partial charge in [0, 0.05) is 105 Å². The molecule has 15 heteroatoms. The van der Waals surface area contributed by atoms with E-state index in [1.54, 1.807) is 57.4 Å². The highest BCUT2D eigenvalue weighted by molar-refractivity contribution is 7.93. The molecule has 0 aromatic carbocycles. The van der Waals surface area contributed by atoms with E-state index in [0.29, 0.717) is 79.4 Å². The minimum atomic E-state index is -3.19. The van der Waals surface area contributed by atoms with Crippen molar-refractivity contribution in [3.63, 3.8) is 0 Å². The van der Waals surface area contributed by atoms with Gasteiger partial charge in [0.1, 0.15) is 13.1 Å². The molecule has 6 aliphatic heterocycles. The number of hydrogen-bond donors (Lipinski definition) is 0. The molecule has 0 aromatic rings. The maximum Gasteiger partial charge on any atom is 0.243 e. The van der Waals surface area contributed by atoms with Crippen molar-refractivity contribution in [1.29, 1.82) is 0 Å². The predicted molar refractivity (Wildman–Crippen MR) is 506 cm³/mol. The Bertz CT molecular complexity index is 3880. The van der Waals surface area contributed by atoms with Gasteiger partial charge >= 0.3 is 0 Å². The summed E-state index contributed by atoms with van der Waals surface area (Å²) in [6.45, 7) is 94.3. The van der Waals surface area contributed by atoms with E-state index < -0.39 is 20.0 Å². The minimum absolute atomic E-state index is 0.0477. The lowest BCUT2D eigenvalue weighted by molar-refractivity contribution is -0.167. The van der Waals surface area contributed by atoms with Crippen LogP contribution >= 0.6 is 0 Å². The molecule has 0 bridgehead atoms. The Balaban J connectivity index is 0.000000169. The van der Waals surface area contributed by atoms with Crippen LogP contribution in [0.5, 0.6) is 0 Å². The number of rotatable bonds is 10. The summed E-state index contributed by atoms with van der Waals surface area (Å²) in [6, 6.07) is 0.319. The van der Waals surface area contributed by atoms with Gasteiger partial charge in [0.25, 0.3) is 0 Å². The Kier molecular flexibility index (Phi) is 31.4. The summed E-state index contributed by atoms with van der Waals surface area (Å²) in [5, 5.41) is 0. The van der Waals surface area contributed by atoms with Crippen LogP contribution in [-0.2, 0) is 29.6 Å². The summed E-state index contributed by atoms with van der Waals surface area (Å²) in [5.74, 6) is 6.82. The van der Waals surface area contributed by atoms with Gasteiger partial charge in [0.2, 0.25) is 31.9 Å². The van der Waals surface area contributed by atoms with Gasteiger partial charge in [0.15, 0.2) is 0 Å². The van der Waals surface area contributed by atoms with Crippen LogP contribution in [-0.4, -0.2) is 168 Å². The first-order valence-electron chi connectivity index (χ1n) is 47.1. The number of hydrogen-bond acceptors (Lipinski definition) is 9. The lowest BCUT2D eigenvalue weighted by Crippen LogP contribution is -2.76. The van der Waals surface area contributed by atoms with Crippen LogP contribution in [0, 0.1) is 85.8 Å². The third-order valence-electron chi connectivity index (χ3n) is 29.7. The van der Waals surface area contributed by atoms with E-state index in [9.17, 15) is 26.4 Å². The van der Waals surface area contributed by atoms with Crippen molar-refractivity contribution in [3.05, 3.63) is 113 Å². The topological polar surface area (TPSA) is 125 Å². The number of piperazine rings is 1. The minimum Gasteiger partial charge on any atom is -0.329 e. The van der Waals surface area contributed by atoms with Gasteiger partial charge in [-0.05, 0) is 303 Å². The van der Waals surface area contributed by atoms with E-state index in [2.05, 4.69) is 253 Å². The van der Waals surface area contributed by atoms with Gasteiger partial charge in [-0.15, -0.1) is 0 Å². The maximum atomic E-state index is 12.2. The summed E-state index contributed by atoms with van der Waals surface area (Å²) in [5.41, 5.74) is 22.4. The summed E-state index contributed by atoms with van der Waals surface area (Å²) in [4.78, 5) is 35.6. The van der Waals surface area contributed by atoms with Crippen LogP contribution in [0.15, 0.2) is 113 Å². The molecular formula is C104H177N7O6S2. The van der Waals surface area contributed by atoms with Crippen LogP contribution in [0.2, 0.25) is 0 Å². The molecule has 7 fully saturated rings. The molecule has 4 saturated heterocycles. The third kappa shape index (κ3) is 24.0. The monoisotopic (exact) mass is 1680 g/mol. The summed E-state index contributed by atoms with van der Waals surface area (Å²) in [7, 11) is -6.36. The van der Waals surface area contributed by atoms with Crippen LogP contribution in [0.3, 0.4) is 0 Å². The number of carbonyl (C=O) groups excluding carboxylic acids is 2. The lowest BCUT2D eigenvalue weighted by Gasteiger charge is -2.66. The first-order valence-corrected chi connectivity index (χ1v) is 50.0. The second kappa shape index (κ2) is 37.2. The average Bonchev–Trinajstić information content (AvgIpc) is 1.69. The Morgan fingerprint density at radius 1 is 0.311 bits per heavy atom. The van der Waals surface area contributed by atoms with E-state index in [0.717, 1.165) is 69.8 Å². The molecule has 119 heavy (non-hydrogen) atoms. The highest BCUT2D eigenvalue weighted by Gasteiger charge is 2.59. The third-order valence-corrected chi connectivity index (χ3v) is 34.1. The Morgan fingerprint density at radius 2 is 0.597 bits per heavy atom. The summed E-state index contributed by atoms with van der Waals surface area (Å²) in [6.07, 6.45) is 29.0. The second-order valence-electron chi connectivity index (χ2n) is 48.8. The van der Waals surface area contributed by atoms with Gasteiger partial charge in [-0.25, -0.2) is 16.8 Å². The smallest absolute Gasteiger partial charge is 0.243 e. The van der Waals surface area contributed by atoms with Crippen molar-refractivity contribution >= 4 is 31.9 Å². The fourth-order valence-electron chi connectivity index (χ4n) is 19.9. The summed E-state index contributed by atoms with van der Waals surface area (Å²) < 4.78 is 52.0. The molecular weight excluding hydrogens is 1510 g/mol. The molecule has 15 aliphatic rings. The van der Waals surface area contributed by atoms with Gasteiger partial charge < -0.3 is 9.80 Å². The van der Waals surface area contributed by atoms with Crippen molar-refractivity contribution in [2.75, 3.05) is 65.4 Å². The molecule has 13 nitrogen and oxygen atoms in total. The maximum absolute atomic E-state index is 12.2. The molecule has 9 aliphatic carbocycles. The molecule has 0 radical (unpaired) electrons. The number of sulfonamides is 2. The van der Waals surface area contributed by atoms with Gasteiger partial charge in [-0.1, -0.05) is 215 Å². The van der Waals surface area contributed by atoms with Crippen LogP contribution in [0.4, 0.5) is 0 Å². The molecule has 0 N–H and O–H groups in total. The molecule has 15 rings (SSSR count). The fraction of sp³-hybridized carbons (Fsp3) is 0.788. The number of allylic oxidation sites excluding steroid dienone is 16. The molecule has 2 amide bonds. The van der Waals surface area contributed by atoms with Crippen molar-refractivity contribution in [1.82, 2.24) is 33.1 Å². The molecule has 0 atom stereocenters. The number of amides is 2. The zero-order valence-electron chi connectivity index (χ0n) is 83.4. The zero-order chi connectivity index (χ0) is 90.1. The zero-order valence-corrected chi connectivity index (χ0v) is 85.1. The van der Waals surface area contributed by atoms with E-state index in [4.69, 9.17) is 0 Å². The Hall–Kier alpha value is -3.96. The van der Waals surface area contributed by atoms with Gasteiger partial charge in [-0.3, -0.25) is 24.3 Å². The Morgan fingerprint density at radius 3 is 0.882 bits per heavy atom. The van der Waals surface area contributed by atoms with E-state index >= 15 is 0 Å². The van der Waals surface area contributed by atoms with Gasteiger partial charge in [0.05, 0.1) is 9.81 Å². The van der Waals surface area contributed by atoms with Crippen molar-refractivity contribution in [2.24, 2.45) is 85.8 Å². The standard InChI is InChI=1S/C15H28.C14H27N.2C14H20.C13H26N2.2C12H19NO2S.C10H18N2O2/c1-13(2,3)11-7-15(8-11)9-12(10-15)14(4,5)6;1-12(2,3)11-7-14(8-11)9-15(10-14)13(4,5)6;2*1-9(2)11-5-13-7-12(10(3)4)8-14(13)6-11;1-11(2,3)14-7-13(8-14)9-15(10-13)12(4,5)6;2*1-8(2)10-5-11-7-13(9(3)4)16(14,15)12(11)6-10;1-7(2)11-5-10(14)12(8(3)4)6-9(11)13/h11-12H,7-10H2,1-6H3;11H,7-10H2,1-6H3;5,8-10H,6-7H2,1-4H3;5,7,9-10H,6,8H2,1-4H3;7-10H2,1-6H3;6,8-9H,5,7H2,1-4H3;5,8-9H,6-7H2,1-4H3;7-8H,5-6H2,1-4H3.